The molecule has 0 spiro atoms. The van der Waals surface area contributed by atoms with Gasteiger partial charge in [-0.2, -0.15) is 0 Å². The minimum absolute atomic E-state index is 0.00526. The lowest BCUT2D eigenvalue weighted by Gasteiger charge is -2.22. The van der Waals surface area contributed by atoms with Gasteiger partial charge in [0.2, 0.25) is 5.91 Å². The molecule has 0 aliphatic rings. The van der Waals surface area contributed by atoms with Crippen molar-refractivity contribution in [2.45, 2.75) is 341 Å². The van der Waals surface area contributed by atoms with Gasteiger partial charge in [-0.05, 0) is 51.4 Å². The summed E-state index contributed by atoms with van der Waals surface area (Å²) in [6.07, 6.45) is 64.8. The first-order chi connectivity index (χ1) is 32.0. The highest BCUT2D eigenvalue weighted by Crippen LogP contribution is 2.18. The fourth-order valence-corrected chi connectivity index (χ4v) is 9.28. The number of aliphatic hydroxyl groups is 2. The van der Waals surface area contributed by atoms with Crippen molar-refractivity contribution >= 4 is 11.9 Å². The molecule has 6 heteroatoms. The Morgan fingerprint density at radius 3 is 1.11 bits per heavy atom. The van der Waals surface area contributed by atoms with E-state index in [0.717, 1.165) is 44.9 Å². The van der Waals surface area contributed by atoms with Crippen LogP contribution in [-0.4, -0.2) is 47.4 Å². The summed E-state index contributed by atoms with van der Waals surface area (Å²) < 4.78 is 5.46. The summed E-state index contributed by atoms with van der Waals surface area (Å²) in [6, 6.07) is -0.547. The summed E-state index contributed by atoms with van der Waals surface area (Å²) in [5, 5.41) is 23.3. The van der Waals surface area contributed by atoms with Crippen molar-refractivity contribution in [2.24, 2.45) is 0 Å². The maximum atomic E-state index is 12.5. The second-order valence-corrected chi connectivity index (χ2v) is 20.3. The molecule has 1 amide bonds. The Morgan fingerprint density at radius 1 is 0.415 bits per heavy atom. The van der Waals surface area contributed by atoms with Gasteiger partial charge in [0.1, 0.15) is 0 Å². The van der Waals surface area contributed by atoms with Crippen LogP contribution in [0.3, 0.4) is 0 Å². The number of allylic oxidation sites excluding steroid dienone is 2. The number of amides is 1. The average Bonchev–Trinajstić information content (AvgIpc) is 3.31. The first-order valence-corrected chi connectivity index (χ1v) is 29.4. The zero-order valence-corrected chi connectivity index (χ0v) is 44.0. The van der Waals surface area contributed by atoms with Crippen molar-refractivity contribution in [2.75, 3.05) is 13.2 Å². The summed E-state index contributed by atoms with van der Waals surface area (Å²) in [7, 11) is 0. The molecule has 2 atom stereocenters. The number of hydrogen-bond acceptors (Lipinski definition) is 5. The van der Waals surface area contributed by atoms with Crippen LogP contribution in [0.5, 0.6) is 0 Å². The molecule has 0 saturated carbocycles. The van der Waals surface area contributed by atoms with Gasteiger partial charge in [-0.1, -0.05) is 276 Å². The lowest BCUT2D eigenvalue weighted by atomic mass is 10.0. The Bertz CT molecular complexity index is 970. The largest absolute Gasteiger partial charge is 0.466 e. The number of nitrogens with one attached hydrogen (secondary N) is 1. The molecule has 3 N–H and O–H groups in total. The molecular weight excluding hydrogens is 803 g/mol. The van der Waals surface area contributed by atoms with Crippen LogP contribution >= 0.6 is 0 Å². The van der Waals surface area contributed by atoms with E-state index in [-0.39, 0.29) is 18.5 Å². The highest BCUT2D eigenvalue weighted by molar-refractivity contribution is 5.76. The number of rotatable bonds is 55. The predicted molar refractivity (Wildman–Crippen MR) is 283 cm³/mol. The molecule has 0 fully saturated rings. The highest BCUT2D eigenvalue weighted by Gasteiger charge is 2.20. The lowest BCUT2D eigenvalue weighted by Crippen LogP contribution is -2.45. The molecule has 6 nitrogen and oxygen atoms in total. The van der Waals surface area contributed by atoms with Gasteiger partial charge >= 0.3 is 5.97 Å². The second-order valence-electron chi connectivity index (χ2n) is 20.3. The van der Waals surface area contributed by atoms with Gasteiger partial charge in [-0.15, -0.1) is 0 Å². The molecule has 0 aromatic carbocycles. The molecular formula is C59H115NO5. The first kappa shape index (κ1) is 63.6. The topological polar surface area (TPSA) is 95.9 Å². The third-order valence-electron chi connectivity index (χ3n) is 13.8. The molecule has 0 radical (unpaired) electrons. The summed E-state index contributed by atoms with van der Waals surface area (Å²) in [6.45, 7) is 4.94. The fourth-order valence-electron chi connectivity index (χ4n) is 9.28. The average molecular weight is 919 g/mol. The minimum Gasteiger partial charge on any atom is -0.466 e. The Hall–Kier alpha value is -1.40. The molecule has 2 unspecified atom stereocenters. The van der Waals surface area contributed by atoms with Crippen LogP contribution < -0.4 is 5.32 Å². The number of aliphatic hydroxyl groups excluding tert-OH is 2. The molecule has 0 aromatic heterocycles. The standard InChI is InChI=1S/C59H115NO5/c1-3-5-7-9-11-13-15-17-18-19-20-21-24-28-31-35-39-43-47-51-57(62)56(55-61)60-58(63)52-48-44-40-36-32-29-25-22-23-26-30-34-38-42-46-50-54-65-59(64)53-49-45-41-37-33-27-16-14-12-10-8-6-4-2/h14,16,56-57,61-62H,3-13,15,17-55H2,1-2H3,(H,60,63)/b16-14-. The number of hydrogen-bond donors (Lipinski definition) is 3. The Labute approximate surface area is 406 Å². The Kier molecular flexibility index (Phi) is 54.0. The van der Waals surface area contributed by atoms with E-state index in [1.54, 1.807) is 0 Å². The van der Waals surface area contributed by atoms with Gasteiger partial charge < -0.3 is 20.3 Å². The fraction of sp³-hybridized carbons (Fsp3) is 0.932. The Balaban J connectivity index is 3.42. The zero-order chi connectivity index (χ0) is 47.2. The van der Waals surface area contributed by atoms with E-state index in [9.17, 15) is 19.8 Å². The summed E-state index contributed by atoms with van der Waals surface area (Å²) >= 11 is 0. The van der Waals surface area contributed by atoms with Crippen molar-refractivity contribution < 1.29 is 24.5 Å². The molecule has 386 valence electrons. The molecule has 0 heterocycles. The van der Waals surface area contributed by atoms with Crippen molar-refractivity contribution in [1.82, 2.24) is 5.32 Å². The lowest BCUT2D eigenvalue weighted by molar-refractivity contribution is -0.143. The molecule has 0 aromatic rings. The summed E-state index contributed by atoms with van der Waals surface area (Å²) in [4.78, 5) is 24.5. The number of esters is 1. The third-order valence-corrected chi connectivity index (χ3v) is 13.8. The van der Waals surface area contributed by atoms with E-state index < -0.39 is 12.1 Å². The number of carbonyl (C=O) groups is 2. The van der Waals surface area contributed by atoms with Gasteiger partial charge in [0, 0.05) is 12.8 Å². The Morgan fingerprint density at radius 2 is 0.723 bits per heavy atom. The van der Waals surface area contributed by atoms with Crippen LogP contribution in [-0.2, 0) is 14.3 Å². The maximum Gasteiger partial charge on any atom is 0.305 e. The number of carbonyl (C=O) groups excluding carboxylic acids is 2. The van der Waals surface area contributed by atoms with Crippen molar-refractivity contribution in [3.63, 3.8) is 0 Å². The van der Waals surface area contributed by atoms with Crippen LogP contribution in [0.2, 0.25) is 0 Å². The van der Waals surface area contributed by atoms with Gasteiger partial charge in [0.15, 0.2) is 0 Å². The van der Waals surface area contributed by atoms with E-state index in [1.807, 2.05) is 0 Å². The van der Waals surface area contributed by atoms with Crippen molar-refractivity contribution in [1.29, 1.82) is 0 Å². The molecule has 0 bridgehead atoms. The SMILES string of the molecule is CCCCCC/C=C\CCCCCCCC(=O)OCCCCCCCCCCCCCCCCCCC(=O)NC(CO)C(O)CCCCCCCCCCCCCCCCCCCCC. The second kappa shape index (κ2) is 55.2. The monoisotopic (exact) mass is 918 g/mol. The maximum absolute atomic E-state index is 12.5. The molecule has 65 heavy (non-hydrogen) atoms. The molecule has 0 aliphatic heterocycles. The number of unbranched alkanes of at least 4 members (excludes halogenated alkanes) is 42. The molecule has 0 aliphatic carbocycles. The van der Waals surface area contributed by atoms with E-state index in [0.29, 0.717) is 25.9 Å². The highest BCUT2D eigenvalue weighted by atomic mass is 16.5. The summed E-state index contributed by atoms with van der Waals surface area (Å²) in [5.74, 6) is -0.0441. The van der Waals surface area contributed by atoms with Crippen LogP contribution in [0.4, 0.5) is 0 Å². The van der Waals surface area contributed by atoms with Crippen molar-refractivity contribution in [3.8, 4) is 0 Å². The van der Waals surface area contributed by atoms with E-state index in [1.165, 1.54) is 250 Å². The summed E-state index contributed by atoms with van der Waals surface area (Å²) in [5.41, 5.74) is 0. The predicted octanol–water partition coefficient (Wildman–Crippen LogP) is 18.1. The third kappa shape index (κ3) is 51.8. The minimum atomic E-state index is -0.669. The van der Waals surface area contributed by atoms with Gasteiger partial charge in [0.25, 0.3) is 0 Å². The van der Waals surface area contributed by atoms with Crippen LogP contribution in [0.1, 0.15) is 328 Å². The van der Waals surface area contributed by atoms with Crippen LogP contribution in [0.15, 0.2) is 12.2 Å². The van der Waals surface area contributed by atoms with Gasteiger partial charge in [-0.3, -0.25) is 9.59 Å². The van der Waals surface area contributed by atoms with Crippen LogP contribution in [0.25, 0.3) is 0 Å². The number of ether oxygens (including phenoxy) is 1. The van der Waals surface area contributed by atoms with E-state index in [4.69, 9.17) is 4.74 Å². The van der Waals surface area contributed by atoms with Crippen molar-refractivity contribution in [3.05, 3.63) is 12.2 Å². The normalized spacial score (nSPS) is 12.6. The van der Waals surface area contributed by atoms with Crippen LogP contribution in [0, 0.1) is 0 Å². The quantitative estimate of drug-likeness (QED) is 0.0321. The van der Waals surface area contributed by atoms with E-state index >= 15 is 0 Å². The first-order valence-electron chi connectivity index (χ1n) is 29.4. The smallest absolute Gasteiger partial charge is 0.305 e. The molecule has 0 rings (SSSR count). The van der Waals surface area contributed by atoms with Gasteiger partial charge in [0.05, 0.1) is 25.4 Å². The molecule has 0 saturated heterocycles. The van der Waals surface area contributed by atoms with E-state index in [2.05, 4.69) is 31.3 Å². The zero-order valence-electron chi connectivity index (χ0n) is 44.0. The van der Waals surface area contributed by atoms with Gasteiger partial charge in [-0.25, -0.2) is 0 Å².